The molecule has 0 aliphatic carbocycles. The van der Waals surface area contributed by atoms with E-state index >= 15 is 0 Å². The van der Waals surface area contributed by atoms with Gasteiger partial charge in [0.05, 0.1) is 16.2 Å². The smallest absolute Gasteiger partial charge is 0.320 e. The molecule has 1 N–H and O–H groups in total. The number of nitro benzene ring substituents is 1. The van der Waals surface area contributed by atoms with Crippen LogP contribution in [0.1, 0.15) is 5.56 Å². The molecule has 132 valence electrons. The second-order valence-electron chi connectivity index (χ2n) is 4.78. The topological polar surface area (TPSA) is 72.2 Å². The van der Waals surface area contributed by atoms with Gasteiger partial charge in [-0.25, -0.2) is 4.39 Å². The van der Waals surface area contributed by atoms with E-state index in [0.29, 0.717) is 17.0 Å². The van der Waals surface area contributed by atoms with Gasteiger partial charge in [-0.3, -0.25) is 14.9 Å². The molecule has 2 aromatic rings. The van der Waals surface area contributed by atoms with Crippen molar-refractivity contribution >= 4 is 29.0 Å². The Kier molecular flexibility index (Phi) is 5.62. The first-order chi connectivity index (χ1) is 11.7. The Morgan fingerprint density at radius 2 is 1.80 bits per heavy atom. The number of nitro groups is 1. The van der Waals surface area contributed by atoms with Crippen LogP contribution >= 0.6 is 11.8 Å². The van der Waals surface area contributed by atoms with Gasteiger partial charge < -0.3 is 5.32 Å². The Labute approximate surface area is 143 Å². The largest absolute Gasteiger partial charge is 0.416 e. The number of thioether (sulfide) groups is 1. The van der Waals surface area contributed by atoms with Crippen LogP contribution in [-0.2, 0) is 11.0 Å². The molecule has 0 aromatic heterocycles. The quantitative estimate of drug-likeness (QED) is 0.362. The number of alkyl halides is 3. The number of anilines is 1. The maximum absolute atomic E-state index is 12.8. The van der Waals surface area contributed by atoms with Crippen molar-refractivity contribution in [3.8, 4) is 0 Å². The standard InChI is InChI=1S/C15H10F4N2O3S/c16-10-2-4-11(5-3-10)25-8-14(22)20-12-6-1-9(15(17,18)19)7-13(12)21(23)24/h1-7H,8H2,(H,20,22). The van der Waals surface area contributed by atoms with Gasteiger partial charge in [-0.2, -0.15) is 13.2 Å². The Hall–Kier alpha value is -2.62. The molecule has 10 heteroatoms. The van der Waals surface area contributed by atoms with Crippen LogP contribution in [0.4, 0.5) is 28.9 Å². The number of hydrogen-bond acceptors (Lipinski definition) is 4. The first-order valence-electron chi connectivity index (χ1n) is 6.70. The normalized spacial score (nSPS) is 11.2. The van der Waals surface area contributed by atoms with Gasteiger partial charge in [0.2, 0.25) is 5.91 Å². The van der Waals surface area contributed by atoms with E-state index in [0.717, 1.165) is 17.8 Å². The first-order valence-corrected chi connectivity index (χ1v) is 7.69. The Morgan fingerprint density at radius 1 is 1.16 bits per heavy atom. The number of rotatable bonds is 5. The Bertz CT molecular complexity index is 794. The number of benzene rings is 2. The lowest BCUT2D eigenvalue weighted by Gasteiger charge is -2.10. The minimum atomic E-state index is -4.73. The summed E-state index contributed by atoms with van der Waals surface area (Å²) in [5.74, 6) is -1.23. The third-order valence-corrected chi connectivity index (χ3v) is 3.99. The van der Waals surface area contributed by atoms with E-state index in [4.69, 9.17) is 0 Å². The van der Waals surface area contributed by atoms with Gasteiger partial charge >= 0.3 is 6.18 Å². The van der Waals surface area contributed by atoms with E-state index < -0.39 is 34.1 Å². The second kappa shape index (κ2) is 7.51. The molecule has 0 heterocycles. The molecule has 0 fully saturated rings. The number of carbonyl (C=O) groups is 1. The third kappa shape index (κ3) is 5.18. The summed E-state index contributed by atoms with van der Waals surface area (Å²) < 4.78 is 50.6. The molecule has 0 spiro atoms. The van der Waals surface area contributed by atoms with Crippen molar-refractivity contribution in [1.82, 2.24) is 0 Å². The summed E-state index contributed by atoms with van der Waals surface area (Å²) in [7, 11) is 0. The SMILES string of the molecule is O=C(CSc1ccc(F)cc1)Nc1ccc(C(F)(F)F)cc1[N+](=O)[O-]. The minimum Gasteiger partial charge on any atom is -0.320 e. The predicted molar refractivity (Wildman–Crippen MR) is 83.9 cm³/mol. The highest BCUT2D eigenvalue weighted by molar-refractivity contribution is 8.00. The van der Waals surface area contributed by atoms with Crippen molar-refractivity contribution in [1.29, 1.82) is 0 Å². The molecule has 0 aliphatic rings. The van der Waals surface area contributed by atoms with E-state index in [1.807, 2.05) is 0 Å². The van der Waals surface area contributed by atoms with Crippen LogP contribution in [0.5, 0.6) is 0 Å². The van der Waals surface area contributed by atoms with Crippen molar-refractivity contribution in [3.05, 3.63) is 64.0 Å². The van der Waals surface area contributed by atoms with E-state index in [1.165, 1.54) is 24.3 Å². The number of nitrogens with one attached hydrogen (secondary N) is 1. The Balaban J connectivity index is 2.09. The predicted octanol–water partition coefficient (Wildman–Crippen LogP) is 4.48. The minimum absolute atomic E-state index is 0.149. The van der Waals surface area contributed by atoms with Gasteiger partial charge in [-0.05, 0) is 36.4 Å². The molecule has 0 bridgehead atoms. The van der Waals surface area contributed by atoms with Crippen LogP contribution in [0.15, 0.2) is 47.4 Å². The van der Waals surface area contributed by atoms with Crippen LogP contribution in [0, 0.1) is 15.9 Å². The van der Waals surface area contributed by atoms with E-state index in [1.54, 1.807) is 0 Å². The Morgan fingerprint density at radius 3 is 2.36 bits per heavy atom. The highest BCUT2D eigenvalue weighted by atomic mass is 32.2. The van der Waals surface area contributed by atoms with Crippen molar-refractivity contribution in [3.63, 3.8) is 0 Å². The number of nitrogens with zero attached hydrogens (tertiary/aromatic N) is 1. The highest BCUT2D eigenvalue weighted by Crippen LogP contribution is 2.35. The average Bonchev–Trinajstić information content (AvgIpc) is 2.53. The highest BCUT2D eigenvalue weighted by Gasteiger charge is 2.33. The molecule has 25 heavy (non-hydrogen) atoms. The molecule has 0 atom stereocenters. The molecule has 2 aromatic carbocycles. The molecular formula is C15H10F4N2O3S. The summed E-state index contributed by atoms with van der Waals surface area (Å²) >= 11 is 1.05. The zero-order valence-electron chi connectivity index (χ0n) is 12.3. The van der Waals surface area contributed by atoms with Gasteiger partial charge in [0.25, 0.3) is 5.69 Å². The number of hydrogen-bond donors (Lipinski definition) is 1. The molecule has 0 saturated carbocycles. The van der Waals surface area contributed by atoms with Crippen LogP contribution in [-0.4, -0.2) is 16.6 Å². The average molecular weight is 374 g/mol. The number of carbonyl (C=O) groups excluding carboxylic acids is 1. The van der Waals surface area contributed by atoms with Gasteiger partial charge in [0.15, 0.2) is 0 Å². The molecule has 0 radical (unpaired) electrons. The third-order valence-electron chi connectivity index (χ3n) is 2.98. The lowest BCUT2D eigenvalue weighted by molar-refractivity contribution is -0.384. The van der Waals surface area contributed by atoms with Crippen molar-refractivity contribution in [2.45, 2.75) is 11.1 Å². The fourth-order valence-electron chi connectivity index (χ4n) is 1.83. The van der Waals surface area contributed by atoms with Gasteiger partial charge in [-0.1, -0.05) is 0 Å². The molecule has 0 saturated heterocycles. The first kappa shape index (κ1) is 18.7. The summed E-state index contributed by atoms with van der Waals surface area (Å²) in [6.07, 6.45) is -4.73. The maximum atomic E-state index is 12.8. The van der Waals surface area contributed by atoms with Crippen molar-refractivity contribution in [2.75, 3.05) is 11.1 Å². The molecule has 0 aliphatic heterocycles. The molecule has 2 rings (SSSR count). The summed E-state index contributed by atoms with van der Waals surface area (Å²) in [4.78, 5) is 22.4. The van der Waals surface area contributed by atoms with Crippen LogP contribution in [0.2, 0.25) is 0 Å². The van der Waals surface area contributed by atoms with Crippen LogP contribution < -0.4 is 5.32 Å². The summed E-state index contributed by atoms with van der Waals surface area (Å²) in [5, 5.41) is 13.1. The molecule has 5 nitrogen and oxygen atoms in total. The van der Waals surface area contributed by atoms with E-state index in [9.17, 15) is 32.5 Å². The summed E-state index contributed by atoms with van der Waals surface area (Å²) in [6.45, 7) is 0. The number of amides is 1. The molecule has 0 unspecified atom stereocenters. The zero-order chi connectivity index (χ0) is 18.6. The van der Waals surface area contributed by atoms with Crippen molar-refractivity contribution in [2.24, 2.45) is 0 Å². The summed E-state index contributed by atoms with van der Waals surface area (Å²) in [6, 6.07) is 7.17. The van der Waals surface area contributed by atoms with E-state index in [-0.39, 0.29) is 11.4 Å². The zero-order valence-corrected chi connectivity index (χ0v) is 13.2. The lowest BCUT2D eigenvalue weighted by Crippen LogP contribution is -2.16. The van der Waals surface area contributed by atoms with Crippen LogP contribution in [0.25, 0.3) is 0 Å². The van der Waals surface area contributed by atoms with Crippen LogP contribution in [0.3, 0.4) is 0 Å². The molecule has 1 amide bonds. The maximum Gasteiger partial charge on any atom is 0.416 e. The second-order valence-corrected chi connectivity index (χ2v) is 5.83. The monoisotopic (exact) mass is 374 g/mol. The van der Waals surface area contributed by atoms with Crippen molar-refractivity contribution < 1.29 is 27.3 Å². The van der Waals surface area contributed by atoms with E-state index in [2.05, 4.69) is 5.32 Å². The fourth-order valence-corrected chi connectivity index (χ4v) is 2.53. The number of halogens is 4. The van der Waals surface area contributed by atoms with Gasteiger partial charge in [0, 0.05) is 11.0 Å². The lowest BCUT2D eigenvalue weighted by atomic mass is 10.1. The van der Waals surface area contributed by atoms with Gasteiger partial charge in [0.1, 0.15) is 11.5 Å². The summed E-state index contributed by atoms with van der Waals surface area (Å²) in [5.41, 5.74) is -2.37. The molecular weight excluding hydrogens is 364 g/mol. The van der Waals surface area contributed by atoms with Gasteiger partial charge in [-0.15, -0.1) is 11.8 Å². The fraction of sp³-hybridized carbons (Fsp3) is 0.133.